The predicted molar refractivity (Wildman–Crippen MR) is 489 cm³/mol. The van der Waals surface area contributed by atoms with Gasteiger partial charge in [-0.25, -0.2) is 49.0 Å². The summed E-state index contributed by atoms with van der Waals surface area (Å²) in [7, 11) is -9.73. The third kappa shape index (κ3) is 34.2. The Morgan fingerprint density at radius 1 is 0.496 bits per heavy atom. The number of aromatic nitrogens is 6. The van der Waals surface area contributed by atoms with Crippen molar-refractivity contribution < 1.29 is 124 Å². The molecule has 0 saturated carbocycles. The van der Waals surface area contributed by atoms with Crippen LogP contribution in [0, 0.1) is 11.6 Å². The van der Waals surface area contributed by atoms with Gasteiger partial charge in [-0.2, -0.15) is 65.9 Å². The second-order valence-electron chi connectivity index (χ2n) is 27.7. The maximum Gasteiger partial charge on any atom is 0.422 e. The Balaban J connectivity index is 0.000000316. The van der Waals surface area contributed by atoms with Crippen molar-refractivity contribution in [2.24, 2.45) is 5.73 Å². The SMILES string of the molecule is C=CS(=O)(=O)CC.CCS(=O)(=O)CCN(C(=O)Cc1ccc(F)c(C(F)(F)F)c1)[C@H](C)c1nc2ccccc2c(=O)n1-c1ccc(OCC(F)(F)F)cc1.CCS(=O)(=O)CCN[C@H](C)c1nc2ccccc2c(=O)n1-c1ccc(OCC(F)(F)F)cc1.C[C@@H](N)c1nc2ccccc2c(=O)n1-c1ccc(OCC(F)(F)F)cc1.I.II.O=C(Cl)Cc1ccc(F)c(C(F)(F)F)c1. The van der Waals surface area contributed by atoms with Crippen LogP contribution in [0.3, 0.4) is 0 Å². The number of hydrogen-bond acceptors (Lipinski definition) is 19. The highest BCUT2D eigenvalue weighted by atomic mass is 128. The van der Waals surface area contributed by atoms with Gasteiger partial charge in [0.1, 0.15) is 46.4 Å². The van der Waals surface area contributed by atoms with Gasteiger partial charge in [-0.1, -0.05) is 75.9 Å². The molecule has 3 heterocycles. The third-order valence-electron chi connectivity index (χ3n) is 18.3. The number of sulfone groups is 3. The van der Waals surface area contributed by atoms with Crippen molar-refractivity contribution in [2.75, 3.05) is 61.7 Å². The van der Waals surface area contributed by atoms with Crippen LogP contribution in [-0.2, 0) is 64.3 Å². The van der Waals surface area contributed by atoms with Crippen LogP contribution in [0.1, 0.15) is 99.4 Å². The number of amides is 1. The zero-order valence-corrected chi connectivity index (χ0v) is 79.3. The molecule has 11 aromatic rings. The molecular formula is C84H82ClF17I3N9O14S3. The topological polar surface area (TPSA) is 310 Å². The molecule has 0 bridgehead atoms. The van der Waals surface area contributed by atoms with Crippen molar-refractivity contribution in [2.45, 2.75) is 103 Å². The van der Waals surface area contributed by atoms with E-state index >= 15 is 0 Å². The molecule has 0 aliphatic rings. The van der Waals surface area contributed by atoms with Crippen LogP contribution in [0.4, 0.5) is 74.6 Å². The molecule has 11 rings (SSSR count). The fraction of sp³-hybridized carbons (Fsp3) is 0.310. The number of halogens is 21. The molecule has 131 heavy (non-hydrogen) atoms. The van der Waals surface area contributed by atoms with E-state index in [0.717, 1.165) is 27.0 Å². The first-order valence-electron chi connectivity index (χ1n) is 38.1. The normalized spacial score (nSPS) is 12.5. The van der Waals surface area contributed by atoms with Gasteiger partial charge in [0.2, 0.25) is 11.1 Å². The number of hydrogen-bond donors (Lipinski definition) is 2. The number of carbonyl (C=O) groups excluding carboxylic acids is 2. The zero-order valence-electron chi connectivity index (χ0n) is 69.4. The number of nitrogens with two attached hydrogens (primary N) is 1. The quantitative estimate of drug-likeness (QED) is 0.0261. The molecule has 3 aromatic heterocycles. The highest BCUT2D eigenvalue weighted by Gasteiger charge is 2.38. The van der Waals surface area contributed by atoms with Gasteiger partial charge < -0.3 is 30.2 Å². The molecule has 3 N–H and O–H groups in total. The van der Waals surface area contributed by atoms with Crippen molar-refractivity contribution in [3.8, 4) is 34.3 Å². The van der Waals surface area contributed by atoms with E-state index in [1.165, 1.54) is 108 Å². The molecule has 3 atom stereocenters. The number of rotatable bonds is 28. The Morgan fingerprint density at radius 3 is 1.15 bits per heavy atom. The van der Waals surface area contributed by atoms with E-state index in [2.05, 4.69) is 68.8 Å². The molecule has 47 heteroatoms. The van der Waals surface area contributed by atoms with Gasteiger partial charge in [0.25, 0.3) is 16.7 Å². The lowest BCUT2D eigenvalue weighted by molar-refractivity contribution is -0.154. The summed E-state index contributed by atoms with van der Waals surface area (Å²) in [5.74, 6) is -3.87. The molecule has 0 spiro atoms. The van der Waals surface area contributed by atoms with Crippen molar-refractivity contribution in [3.63, 3.8) is 0 Å². The van der Waals surface area contributed by atoms with Crippen molar-refractivity contribution in [1.29, 1.82) is 0 Å². The average molecular weight is 2280 g/mol. The first kappa shape index (κ1) is 112. The van der Waals surface area contributed by atoms with Gasteiger partial charge in [-0.05, 0) is 177 Å². The summed E-state index contributed by atoms with van der Waals surface area (Å²) in [6.45, 7) is 7.95. The molecule has 0 aliphatic carbocycles. The second kappa shape index (κ2) is 49.0. The molecule has 23 nitrogen and oxygen atoms in total. The number of para-hydroxylation sites is 3. The van der Waals surface area contributed by atoms with Crippen molar-refractivity contribution in [3.05, 3.63) is 276 Å². The van der Waals surface area contributed by atoms with Crippen LogP contribution < -0.4 is 41.9 Å². The summed E-state index contributed by atoms with van der Waals surface area (Å²) in [6.07, 6.45) is -24.3. The van der Waals surface area contributed by atoms with Gasteiger partial charge in [-0.3, -0.25) is 37.7 Å². The molecule has 1 amide bonds. The van der Waals surface area contributed by atoms with Gasteiger partial charge in [0, 0.05) is 73.7 Å². The summed E-state index contributed by atoms with van der Waals surface area (Å²) in [5, 5.41) is 4.21. The van der Waals surface area contributed by atoms with Gasteiger partial charge >= 0.3 is 30.9 Å². The van der Waals surface area contributed by atoms with Crippen LogP contribution in [0.2, 0.25) is 0 Å². The van der Waals surface area contributed by atoms with Crippen LogP contribution in [0.15, 0.2) is 208 Å². The van der Waals surface area contributed by atoms with Crippen molar-refractivity contribution in [1.82, 2.24) is 38.9 Å². The van der Waals surface area contributed by atoms with Crippen LogP contribution in [0.5, 0.6) is 17.2 Å². The maximum absolute atomic E-state index is 13.9. The Morgan fingerprint density at radius 2 is 0.824 bits per heavy atom. The predicted octanol–water partition coefficient (Wildman–Crippen LogP) is 18.9. The first-order valence-corrected chi connectivity index (χ1v) is 50.1. The smallest absolute Gasteiger partial charge is 0.422 e. The van der Waals surface area contributed by atoms with E-state index in [9.17, 15) is 124 Å². The Labute approximate surface area is 784 Å². The number of carbonyl (C=O) groups is 2. The van der Waals surface area contributed by atoms with E-state index in [1.54, 1.807) is 88.4 Å². The minimum atomic E-state index is -5.04. The molecule has 0 aliphatic heterocycles. The molecule has 0 radical (unpaired) electrons. The highest BCUT2D eigenvalue weighted by Crippen LogP contribution is 2.35. The number of ether oxygens (including phenoxy) is 3. The van der Waals surface area contributed by atoms with Crippen molar-refractivity contribution >= 4 is 146 Å². The van der Waals surface area contributed by atoms with E-state index in [0.29, 0.717) is 69.1 Å². The zero-order chi connectivity index (χ0) is 97.4. The van der Waals surface area contributed by atoms with Gasteiger partial charge in [-0.15, -0.1) is 24.0 Å². The minimum Gasteiger partial charge on any atom is -0.484 e. The lowest BCUT2D eigenvalue weighted by atomic mass is 10.1. The average Bonchev–Trinajstić information content (AvgIpc) is 0.749. The molecule has 0 fully saturated rings. The Bertz CT molecular complexity index is 6300. The van der Waals surface area contributed by atoms with Gasteiger partial charge in [0.15, 0.2) is 49.3 Å². The number of alkyl halides is 15. The van der Waals surface area contributed by atoms with E-state index in [4.69, 9.17) is 26.8 Å². The summed E-state index contributed by atoms with van der Waals surface area (Å²) in [5.41, 5.74) is 3.74. The Hall–Kier alpha value is -9.48. The van der Waals surface area contributed by atoms with Crippen LogP contribution in [-0.4, -0.2) is 150 Å². The standard InChI is InChI=1S/C31H28F7N3O5S.C22H24F3N3O4S.C18H16F3N3O2.C9H5ClF4O.C4H8O2S.I2.HI/c1-3-47(44,45)15-14-40(27(42)17-20-8-13-25(32)24(16-20)31(36,37)38)19(2)28-39-26-7-5-4-6-23(26)29(43)41(28)21-9-11-22(12-10-21)46-18-30(33,34)35;1-3-33(30,31)13-12-26-15(2)20-27-19-7-5-4-6-18(19)21(29)28(20)16-8-10-17(11-9-16)32-14-22(23,24)25;1-11(22)16-23-15-5-3-2-4-14(15)17(25)24(16)12-6-8-13(9-7-12)26-10-18(19,20)21;10-8(15)4-5-1-2-7(11)6(3-5)9(12,13)14;1-3-7(5,6)4-2;1-2;/h4-13,16,19H,3,14-15,17-18H2,1-2H3;4-11,15,26H,3,12-14H2,1-2H3;2-9,11H,10,22H2,1H3;1-3H,4H2;3H,1,4H2,2H3;;1H/t19-;15-;11-;;;;/m111..../s1. The van der Waals surface area contributed by atoms with Gasteiger partial charge in [0.05, 0.1) is 103 Å². The molecule has 0 saturated heterocycles. The summed E-state index contributed by atoms with van der Waals surface area (Å²) >= 11 is 9.24. The second-order valence-corrected chi connectivity index (χ2v) is 35.3. The number of nitrogens with one attached hydrogen (secondary N) is 1. The van der Waals surface area contributed by atoms with Crippen LogP contribution in [0.25, 0.3) is 49.8 Å². The maximum atomic E-state index is 13.9. The minimum absolute atomic E-state index is 0. The number of fused-ring (bicyclic) bond motifs is 3. The fourth-order valence-corrected chi connectivity index (χ4v) is 13.6. The monoisotopic (exact) mass is 2280 g/mol. The van der Waals surface area contributed by atoms with E-state index < -0.39 is 157 Å². The lowest BCUT2D eigenvalue weighted by Crippen LogP contribution is -2.41. The molecular weight excluding hydrogens is 2190 g/mol. The highest BCUT2D eigenvalue weighted by molar-refractivity contribution is 15.0. The largest absolute Gasteiger partial charge is 0.484 e. The fourth-order valence-electron chi connectivity index (χ4n) is 11.7. The third-order valence-corrected chi connectivity index (χ3v) is 23.1. The number of nitrogens with zero attached hydrogens (tertiary/aromatic N) is 7. The summed E-state index contributed by atoms with van der Waals surface area (Å²) in [6, 6.07) is 38.4. The molecule has 0 unspecified atom stereocenters. The first-order chi connectivity index (χ1) is 60.6. The lowest BCUT2D eigenvalue weighted by Gasteiger charge is -2.31. The summed E-state index contributed by atoms with van der Waals surface area (Å²) in [4.78, 5) is 78.8. The number of benzene rings is 8. The van der Waals surface area contributed by atoms with E-state index in [1.807, 2.05) is 0 Å². The molecule has 712 valence electrons. The van der Waals surface area contributed by atoms with E-state index in [-0.39, 0.29) is 122 Å². The molecule has 8 aromatic carbocycles. The van der Waals surface area contributed by atoms with Crippen LogP contribution >= 0.6 is 72.8 Å². The summed E-state index contributed by atoms with van der Waals surface area (Å²) < 4.78 is 302. The Kier molecular flexibility index (Phi) is 41.9.